The lowest BCUT2D eigenvalue weighted by Crippen LogP contribution is -2.16. The summed E-state index contributed by atoms with van der Waals surface area (Å²) in [4.78, 5) is 10.8. The van der Waals surface area contributed by atoms with Crippen molar-refractivity contribution in [2.75, 3.05) is 20.3 Å². The Bertz CT molecular complexity index is 729. The number of ether oxygens (including phenoxy) is 3. The molecule has 0 aliphatic heterocycles. The van der Waals surface area contributed by atoms with E-state index in [0.29, 0.717) is 30.3 Å². The molecule has 0 spiro atoms. The number of carbonyl (C=O) groups is 1. The first kappa shape index (κ1) is 18.8. The van der Waals surface area contributed by atoms with Gasteiger partial charge in [-0.25, -0.2) is 0 Å². The Kier molecular flexibility index (Phi) is 6.07. The molecule has 0 heterocycles. The van der Waals surface area contributed by atoms with Gasteiger partial charge in [-0.2, -0.15) is 0 Å². The molecule has 0 aliphatic carbocycles. The Balaban J connectivity index is 2.02. The summed E-state index contributed by atoms with van der Waals surface area (Å²) in [6.45, 7) is 9.37. The molecule has 0 saturated heterocycles. The Morgan fingerprint density at radius 1 is 1.00 bits per heavy atom. The van der Waals surface area contributed by atoms with Gasteiger partial charge >= 0.3 is 0 Å². The Hall–Kier alpha value is -2.49. The molecule has 0 unspecified atom stereocenters. The maximum atomic E-state index is 10.8. The molecule has 2 aromatic rings. The maximum Gasteiger partial charge on any atom is 0.161 e. The van der Waals surface area contributed by atoms with E-state index in [1.54, 1.807) is 25.3 Å². The molecule has 4 nitrogen and oxygen atoms in total. The van der Waals surface area contributed by atoms with Gasteiger partial charge < -0.3 is 14.2 Å². The third kappa shape index (κ3) is 4.75. The van der Waals surface area contributed by atoms with Crippen LogP contribution in [0.25, 0.3) is 0 Å². The molecule has 0 atom stereocenters. The largest absolute Gasteiger partial charge is 0.493 e. The summed E-state index contributed by atoms with van der Waals surface area (Å²) in [7, 11) is 1.55. The predicted molar refractivity (Wildman–Crippen MR) is 99.3 cm³/mol. The van der Waals surface area contributed by atoms with Gasteiger partial charge in [-0.1, -0.05) is 39.0 Å². The van der Waals surface area contributed by atoms with Crippen molar-refractivity contribution in [1.29, 1.82) is 0 Å². The molecule has 134 valence electrons. The van der Waals surface area contributed by atoms with E-state index in [-0.39, 0.29) is 5.41 Å². The summed E-state index contributed by atoms with van der Waals surface area (Å²) in [5, 5.41) is 0. The van der Waals surface area contributed by atoms with Crippen LogP contribution in [0.2, 0.25) is 0 Å². The van der Waals surface area contributed by atoms with Crippen molar-refractivity contribution >= 4 is 6.29 Å². The van der Waals surface area contributed by atoms with Gasteiger partial charge in [0.05, 0.1) is 7.11 Å². The van der Waals surface area contributed by atoms with Crippen molar-refractivity contribution in [3.05, 3.63) is 53.1 Å². The van der Waals surface area contributed by atoms with E-state index in [9.17, 15) is 4.79 Å². The van der Waals surface area contributed by atoms with Crippen LogP contribution in [0, 0.1) is 6.92 Å². The molecule has 25 heavy (non-hydrogen) atoms. The molecule has 2 aromatic carbocycles. The second-order valence-electron chi connectivity index (χ2n) is 6.93. The lowest BCUT2D eigenvalue weighted by Gasteiger charge is -2.24. The number of aldehydes is 1. The summed E-state index contributed by atoms with van der Waals surface area (Å²) < 4.78 is 17.0. The third-order valence-electron chi connectivity index (χ3n) is 3.93. The van der Waals surface area contributed by atoms with Crippen LogP contribution in [-0.2, 0) is 5.41 Å². The minimum Gasteiger partial charge on any atom is -0.493 e. The van der Waals surface area contributed by atoms with Crippen LogP contribution in [0.15, 0.2) is 36.4 Å². The van der Waals surface area contributed by atoms with E-state index in [1.807, 2.05) is 13.0 Å². The maximum absolute atomic E-state index is 10.8. The topological polar surface area (TPSA) is 44.8 Å². The predicted octanol–water partition coefficient (Wildman–Crippen LogP) is 4.57. The fourth-order valence-electron chi connectivity index (χ4n) is 2.61. The second kappa shape index (κ2) is 8.06. The number of benzene rings is 2. The zero-order chi connectivity index (χ0) is 18.4. The van der Waals surface area contributed by atoms with Gasteiger partial charge in [0.2, 0.25) is 0 Å². The van der Waals surface area contributed by atoms with E-state index < -0.39 is 0 Å². The third-order valence-corrected chi connectivity index (χ3v) is 3.93. The lowest BCUT2D eigenvalue weighted by atomic mass is 9.85. The molecule has 4 heteroatoms. The smallest absolute Gasteiger partial charge is 0.161 e. The van der Waals surface area contributed by atoms with Gasteiger partial charge in [0.15, 0.2) is 11.5 Å². The number of methoxy groups -OCH3 is 1. The van der Waals surface area contributed by atoms with Crippen LogP contribution in [-0.4, -0.2) is 26.6 Å². The Morgan fingerprint density at radius 3 is 2.36 bits per heavy atom. The van der Waals surface area contributed by atoms with Crippen molar-refractivity contribution in [3.63, 3.8) is 0 Å². The van der Waals surface area contributed by atoms with E-state index in [4.69, 9.17) is 14.2 Å². The Morgan fingerprint density at radius 2 is 1.72 bits per heavy atom. The molecule has 0 radical (unpaired) electrons. The summed E-state index contributed by atoms with van der Waals surface area (Å²) in [6, 6.07) is 11.3. The van der Waals surface area contributed by atoms with Crippen LogP contribution in [0.5, 0.6) is 17.2 Å². The second-order valence-corrected chi connectivity index (χ2v) is 6.93. The SMILES string of the molecule is COc1cc(C=O)ccc1OCCOc1c(C)cccc1C(C)(C)C. The average Bonchev–Trinajstić information content (AvgIpc) is 2.58. The van der Waals surface area contributed by atoms with Crippen LogP contribution in [0.4, 0.5) is 0 Å². The van der Waals surface area contributed by atoms with Gasteiger partial charge in [0, 0.05) is 5.56 Å². The van der Waals surface area contributed by atoms with Crippen LogP contribution >= 0.6 is 0 Å². The standard InChI is InChI=1S/C21H26O4/c1-15-7-6-8-17(21(2,3)4)20(15)25-12-11-24-18-10-9-16(14-22)13-19(18)23-5/h6-10,13-14H,11-12H2,1-5H3. The summed E-state index contributed by atoms with van der Waals surface area (Å²) in [5.74, 6) is 2.05. The minimum atomic E-state index is 0.0100. The highest BCUT2D eigenvalue weighted by Gasteiger charge is 2.20. The molecular weight excluding hydrogens is 316 g/mol. The normalized spacial score (nSPS) is 11.1. The minimum absolute atomic E-state index is 0.0100. The molecule has 0 aromatic heterocycles. The van der Waals surface area contributed by atoms with E-state index in [1.165, 1.54) is 5.56 Å². The molecule has 0 saturated carbocycles. The number of hydrogen-bond donors (Lipinski definition) is 0. The van der Waals surface area contributed by atoms with E-state index in [2.05, 4.69) is 32.9 Å². The van der Waals surface area contributed by atoms with E-state index >= 15 is 0 Å². The first-order valence-corrected chi connectivity index (χ1v) is 8.35. The van der Waals surface area contributed by atoms with Gasteiger partial charge in [-0.15, -0.1) is 0 Å². The van der Waals surface area contributed by atoms with Crippen molar-refractivity contribution < 1.29 is 19.0 Å². The Labute approximate surface area is 149 Å². The fraction of sp³-hybridized carbons (Fsp3) is 0.381. The van der Waals surface area contributed by atoms with Gasteiger partial charge in [-0.3, -0.25) is 4.79 Å². The molecule has 0 aliphatic rings. The summed E-state index contributed by atoms with van der Waals surface area (Å²) >= 11 is 0. The van der Waals surface area contributed by atoms with Crippen LogP contribution < -0.4 is 14.2 Å². The number of aryl methyl sites for hydroxylation is 1. The fourth-order valence-corrected chi connectivity index (χ4v) is 2.61. The lowest BCUT2D eigenvalue weighted by molar-refractivity contribution is 0.112. The zero-order valence-electron chi connectivity index (χ0n) is 15.6. The molecular formula is C21H26O4. The summed E-state index contributed by atoms with van der Waals surface area (Å²) in [5.41, 5.74) is 2.85. The average molecular weight is 342 g/mol. The van der Waals surface area contributed by atoms with Gasteiger partial charge in [0.25, 0.3) is 0 Å². The van der Waals surface area contributed by atoms with E-state index in [0.717, 1.165) is 17.6 Å². The number of rotatable bonds is 7. The molecule has 0 amide bonds. The summed E-state index contributed by atoms with van der Waals surface area (Å²) in [6.07, 6.45) is 0.779. The molecule has 0 bridgehead atoms. The van der Waals surface area contributed by atoms with Crippen molar-refractivity contribution in [1.82, 2.24) is 0 Å². The highest BCUT2D eigenvalue weighted by atomic mass is 16.5. The zero-order valence-corrected chi connectivity index (χ0v) is 15.6. The van der Waals surface area contributed by atoms with Crippen LogP contribution in [0.1, 0.15) is 42.3 Å². The number of carbonyl (C=O) groups excluding carboxylic acids is 1. The van der Waals surface area contributed by atoms with Gasteiger partial charge in [-0.05, 0) is 41.7 Å². The monoisotopic (exact) mass is 342 g/mol. The highest BCUT2D eigenvalue weighted by Crippen LogP contribution is 2.34. The molecule has 2 rings (SSSR count). The highest BCUT2D eigenvalue weighted by molar-refractivity contribution is 5.76. The molecule has 0 N–H and O–H groups in total. The van der Waals surface area contributed by atoms with Crippen molar-refractivity contribution in [2.45, 2.75) is 33.1 Å². The first-order valence-electron chi connectivity index (χ1n) is 8.35. The van der Waals surface area contributed by atoms with Gasteiger partial charge in [0.1, 0.15) is 25.2 Å². The van der Waals surface area contributed by atoms with Crippen LogP contribution in [0.3, 0.4) is 0 Å². The van der Waals surface area contributed by atoms with Crippen molar-refractivity contribution in [3.8, 4) is 17.2 Å². The molecule has 0 fully saturated rings. The van der Waals surface area contributed by atoms with Crippen molar-refractivity contribution in [2.24, 2.45) is 0 Å². The first-order chi connectivity index (χ1) is 11.9. The quantitative estimate of drug-likeness (QED) is 0.546. The number of para-hydroxylation sites is 1. The number of hydrogen-bond acceptors (Lipinski definition) is 4.